The SMILES string of the molecule is CCCNCc1ccc(Cl)cc1-c1ccc(OC)c(C)c1. The van der Waals surface area contributed by atoms with Crippen molar-refractivity contribution < 1.29 is 4.74 Å². The highest BCUT2D eigenvalue weighted by molar-refractivity contribution is 6.30. The Morgan fingerprint density at radius 1 is 1.14 bits per heavy atom. The van der Waals surface area contributed by atoms with E-state index in [4.69, 9.17) is 16.3 Å². The molecule has 1 N–H and O–H groups in total. The second-order valence-corrected chi connectivity index (χ2v) is 5.60. The molecule has 2 aromatic rings. The topological polar surface area (TPSA) is 21.3 Å². The Labute approximate surface area is 132 Å². The fraction of sp³-hybridized carbons (Fsp3) is 0.333. The molecule has 0 atom stereocenters. The standard InChI is InChI=1S/C18H22ClNO/c1-4-9-20-12-15-5-7-16(19)11-17(15)14-6-8-18(21-3)13(2)10-14/h5-8,10-11,20H,4,9,12H2,1-3H3. The third-order valence-corrected chi connectivity index (χ3v) is 3.76. The molecule has 0 aliphatic carbocycles. The molecule has 2 rings (SSSR count). The summed E-state index contributed by atoms with van der Waals surface area (Å²) in [5.74, 6) is 0.909. The van der Waals surface area contributed by atoms with Gasteiger partial charge in [0.2, 0.25) is 0 Å². The van der Waals surface area contributed by atoms with E-state index >= 15 is 0 Å². The fourth-order valence-corrected chi connectivity index (χ4v) is 2.59. The highest BCUT2D eigenvalue weighted by Crippen LogP contribution is 2.30. The lowest BCUT2D eigenvalue weighted by Gasteiger charge is -2.13. The van der Waals surface area contributed by atoms with Gasteiger partial charge in [-0.2, -0.15) is 0 Å². The second kappa shape index (κ2) is 7.48. The van der Waals surface area contributed by atoms with Gasteiger partial charge in [-0.25, -0.2) is 0 Å². The van der Waals surface area contributed by atoms with Gasteiger partial charge in [0.15, 0.2) is 0 Å². The Balaban J connectivity index is 2.36. The number of rotatable bonds is 6. The molecule has 112 valence electrons. The third kappa shape index (κ3) is 3.99. The molecule has 0 fully saturated rings. The van der Waals surface area contributed by atoms with Crippen molar-refractivity contribution in [2.75, 3.05) is 13.7 Å². The maximum Gasteiger partial charge on any atom is 0.121 e. The van der Waals surface area contributed by atoms with Gasteiger partial charge in [0.1, 0.15) is 5.75 Å². The maximum absolute atomic E-state index is 6.18. The Morgan fingerprint density at radius 3 is 2.62 bits per heavy atom. The first-order valence-corrected chi connectivity index (χ1v) is 7.67. The molecule has 0 radical (unpaired) electrons. The number of aryl methyl sites for hydroxylation is 1. The van der Waals surface area contributed by atoms with Crippen LogP contribution in [0.3, 0.4) is 0 Å². The molecule has 0 spiro atoms. The highest BCUT2D eigenvalue weighted by Gasteiger charge is 2.08. The van der Waals surface area contributed by atoms with Crippen LogP contribution in [0.25, 0.3) is 11.1 Å². The van der Waals surface area contributed by atoms with Gasteiger partial charge in [0, 0.05) is 11.6 Å². The lowest BCUT2D eigenvalue weighted by atomic mass is 9.98. The average molecular weight is 304 g/mol. The summed E-state index contributed by atoms with van der Waals surface area (Å²) in [6.45, 7) is 6.10. The molecular weight excluding hydrogens is 282 g/mol. The van der Waals surface area contributed by atoms with Crippen molar-refractivity contribution in [3.63, 3.8) is 0 Å². The maximum atomic E-state index is 6.18. The summed E-state index contributed by atoms with van der Waals surface area (Å²) < 4.78 is 5.33. The number of benzene rings is 2. The summed E-state index contributed by atoms with van der Waals surface area (Å²) >= 11 is 6.18. The molecule has 21 heavy (non-hydrogen) atoms. The zero-order valence-corrected chi connectivity index (χ0v) is 13.6. The smallest absolute Gasteiger partial charge is 0.121 e. The quantitative estimate of drug-likeness (QED) is 0.772. The number of nitrogens with one attached hydrogen (secondary N) is 1. The van der Waals surface area contributed by atoms with Crippen LogP contribution in [0.1, 0.15) is 24.5 Å². The second-order valence-electron chi connectivity index (χ2n) is 5.16. The number of ether oxygens (including phenoxy) is 1. The molecule has 0 amide bonds. The minimum atomic E-state index is 0.762. The zero-order chi connectivity index (χ0) is 15.2. The van der Waals surface area contributed by atoms with Crippen LogP contribution in [-0.4, -0.2) is 13.7 Å². The van der Waals surface area contributed by atoms with Crippen molar-refractivity contribution in [1.82, 2.24) is 5.32 Å². The molecule has 0 aliphatic heterocycles. The molecule has 0 aliphatic rings. The van der Waals surface area contributed by atoms with Crippen LogP contribution in [0.2, 0.25) is 5.02 Å². The molecule has 2 nitrogen and oxygen atoms in total. The van der Waals surface area contributed by atoms with Gasteiger partial charge in [-0.05, 0) is 66.4 Å². The molecule has 0 saturated heterocycles. The summed E-state index contributed by atoms with van der Waals surface area (Å²) in [5, 5.41) is 4.21. The average Bonchev–Trinajstić information content (AvgIpc) is 2.49. The van der Waals surface area contributed by atoms with Crippen molar-refractivity contribution in [2.45, 2.75) is 26.8 Å². The van der Waals surface area contributed by atoms with Crippen molar-refractivity contribution in [3.8, 4) is 16.9 Å². The van der Waals surface area contributed by atoms with E-state index < -0.39 is 0 Å². The van der Waals surface area contributed by atoms with Crippen molar-refractivity contribution in [2.24, 2.45) is 0 Å². The predicted octanol–water partition coefficient (Wildman–Crippen LogP) is 4.82. The summed E-state index contributed by atoms with van der Waals surface area (Å²) in [5.41, 5.74) is 4.74. The number of methoxy groups -OCH3 is 1. The molecule has 0 bridgehead atoms. The number of hydrogen-bond acceptors (Lipinski definition) is 2. The molecule has 0 heterocycles. The Morgan fingerprint density at radius 2 is 1.95 bits per heavy atom. The van der Waals surface area contributed by atoms with Crippen molar-refractivity contribution in [1.29, 1.82) is 0 Å². The summed E-state index contributed by atoms with van der Waals surface area (Å²) in [6.07, 6.45) is 1.13. The van der Waals surface area contributed by atoms with Crippen LogP contribution in [0.15, 0.2) is 36.4 Å². The molecule has 0 unspecified atom stereocenters. The van der Waals surface area contributed by atoms with E-state index in [-0.39, 0.29) is 0 Å². The first-order chi connectivity index (χ1) is 10.2. The van der Waals surface area contributed by atoms with E-state index in [1.54, 1.807) is 7.11 Å². The van der Waals surface area contributed by atoms with E-state index in [2.05, 4.69) is 37.4 Å². The molecule has 0 saturated carbocycles. The first kappa shape index (κ1) is 15.9. The molecule has 2 aromatic carbocycles. The normalized spacial score (nSPS) is 10.7. The van der Waals surface area contributed by atoms with Crippen LogP contribution < -0.4 is 10.1 Å². The van der Waals surface area contributed by atoms with Gasteiger partial charge in [-0.1, -0.05) is 30.7 Å². The first-order valence-electron chi connectivity index (χ1n) is 7.30. The summed E-state index contributed by atoms with van der Waals surface area (Å²) in [7, 11) is 1.70. The van der Waals surface area contributed by atoms with Gasteiger partial charge in [-0.15, -0.1) is 0 Å². The van der Waals surface area contributed by atoms with Gasteiger partial charge in [0.05, 0.1) is 7.11 Å². The highest BCUT2D eigenvalue weighted by atomic mass is 35.5. The van der Waals surface area contributed by atoms with Crippen LogP contribution in [0.4, 0.5) is 0 Å². The van der Waals surface area contributed by atoms with Crippen LogP contribution in [0.5, 0.6) is 5.75 Å². The molecular formula is C18H22ClNO. The Bertz CT molecular complexity index is 610. The van der Waals surface area contributed by atoms with E-state index in [9.17, 15) is 0 Å². The van der Waals surface area contributed by atoms with Crippen molar-refractivity contribution >= 4 is 11.6 Å². The van der Waals surface area contributed by atoms with E-state index in [0.717, 1.165) is 35.8 Å². The molecule has 3 heteroatoms. The third-order valence-electron chi connectivity index (χ3n) is 3.52. The largest absolute Gasteiger partial charge is 0.496 e. The minimum absolute atomic E-state index is 0.762. The van der Waals surface area contributed by atoms with Crippen LogP contribution >= 0.6 is 11.6 Å². The monoisotopic (exact) mass is 303 g/mol. The summed E-state index contributed by atoms with van der Waals surface area (Å²) in [4.78, 5) is 0. The Hall–Kier alpha value is -1.51. The summed E-state index contributed by atoms with van der Waals surface area (Å²) in [6, 6.07) is 12.3. The van der Waals surface area contributed by atoms with E-state index in [1.807, 2.05) is 18.2 Å². The van der Waals surface area contributed by atoms with E-state index in [0.29, 0.717) is 0 Å². The van der Waals surface area contributed by atoms with Gasteiger partial charge in [-0.3, -0.25) is 0 Å². The fourth-order valence-electron chi connectivity index (χ4n) is 2.42. The van der Waals surface area contributed by atoms with Gasteiger partial charge >= 0.3 is 0 Å². The zero-order valence-electron chi connectivity index (χ0n) is 12.9. The van der Waals surface area contributed by atoms with Gasteiger partial charge in [0.25, 0.3) is 0 Å². The van der Waals surface area contributed by atoms with Crippen LogP contribution in [0, 0.1) is 6.92 Å². The Kier molecular flexibility index (Phi) is 5.66. The predicted molar refractivity (Wildman–Crippen MR) is 90.2 cm³/mol. The van der Waals surface area contributed by atoms with Crippen molar-refractivity contribution in [3.05, 3.63) is 52.5 Å². The van der Waals surface area contributed by atoms with Crippen LogP contribution in [-0.2, 0) is 6.54 Å². The number of halogens is 1. The lowest BCUT2D eigenvalue weighted by Crippen LogP contribution is -2.14. The lowest BCUT2D eigenvalue weighted by molar-refractivity contribution is 0.412. The molecule has 0 aromatic heterocycles. The number of hydrogen-bond donors (Lipinski definition) is 1. The van der Waals surface area contributed by atoms with Gasteiger partial charge < -0.3 is 10.1 Å². The van der Waals surface area contributed by atoms with E-state index in [1.165, 1.54) is 16.7 Å². The minimum Gasteiger partial charge on any atom is -0.496 e.